The molecule has 0 aliphatic heterocycles. The molecule has 0 spiro atoms. The molecule has 7 heteroatoms. The number of nitrogens with one attached hydrogen (secondary N) is 1. The van der Waals surface area contributed by atoms with Gasteiger partial charge in [0.05, 0.1) is 28.1 Å². The van der Waals surface area contributed by atoms with Gasteiger partial charge in [-0.1, -0.05) is 12.1 Å². The van der Waals surface area contributed by atoms with Gasteiger partial charge in [-0.25, -0.2) is 14.6 Å². The van der Waals surface area contributed by atoms with Gasteiger partial charge in [0.2, 0.25) is 0 Å². The fraction of sp³-hybridized carbons (Fsp3) is 0.350. The molecule has 0 saturated heterocycles. The first kappa shape index (κ1) is 19.5. The monoisotopic (exact) mass is 429 g/mol. The number of aromatic nitrogens is 4. The summed E-state index contributed by atoms with van der Waals surface area (Å²) in [4.78, 5) is 8.65. The average Bonchev–Trinajstić information content (AvgIpc) is 2.88. The van der Waals surface area contributed by atoms with Crippen molar-refractivity contribution in [2.45, 2.75) is 46.8 Å². The number of rotatable bonds is 5. The molecule has 6 nitrogen and oxygen atoms in total. The van der Waals surface area contributed by atoms with E-state index in [2.05, 4.69) is 57.1 Å². The van der Waals surface area contributed by atoms with Crippen LogP contribution in [0.25, 0.3) is 5.82 Å². The molecule has 0 saturated carbocycles. The molecule has 3 rings (SSSR count). The van der Waals surface area contributed by atoms with E-state index in [4.69, 9.17) is 4.74 Å². The molecular formula is C20H24BrN5O. The standard InChI is InChI=1S/C20H24BrN5O/c1-13-19(21)14(2)26(25-13)18-10-17(22-12-23-18)24-16-8-6-15(7-9-16)11-27-20(3,4)5/h6-10,12H,11H2,1-5H3,(H,22,23,24). The van der Waals surface area contributed by atoms with Crippen LogP contribution in [0.5, 0.6) is 0 Å². The Bertz CT molecular complexity index is 929. The number of hydrogen-bond acceptors (Lipinski definition) is 5. The summed E-state index contributed by atoms with van der Waals surface area (Å²) in [6.45, 7) is 10.7. The summed E-state index contributed by atoms with van der Waals surface area (Å²) in [7, 11) is 0. The molecule has 3 aromatic rings. The first-order chi connectivity index (χ1) is 12.7. The predicted octanol–water partition coefficient (Wildman–Crippen LogP) is 5.10. The average molecular weight is 430 g/mol. The largest absolute Gasteiger partial charge is 0.371 e. The second kappa shape index (κ2) is 7.78. The molecule has 1 aromatic carbocycles. The van der Waals surface area contributed by atoms with Crippen molar-refractivity contribution in [3.05, 3.63) is 58.1 Å². The minimum Gasteiger partial charge on any atom is -0.371 e. The number of benzene rings is 1. The van der Waals surface area contributed by atoms with Gasteiger partial charge in [0.15, 0.2) is 5.82 Å². The fourth-order valence-electron chi connectivity index (χ4n) is 2.51. The van der Waals surface area contributed by atoms with E-state index in [0.29, 0.717) is 18.2 Å². The van der Waals surface area contributed by atoms with Crippen LogP contribution in [0.4, 0.5) is 11.5 Å². The van der Waals surface area contributed by atoms with Gasteiger partial charge < -0.3 is 10.1 Å². The summed E-state index contributed by atoms with van der Waals surface area (Å²) in [6.07, 6.45) is 1.54. The van der Waals surface area contributed by atoms with E-state index in [-0.39, 0.29) is 5.60 Å². The maximum absolute atomic E-state index is 5.81. The third-order valence-electron chi connectivity index (χ3n) is 3.97. The number of aryl methyl sites for hydroxylation is 1. The number of halogens is 1. The molecule has 0 aliphatic carbocycles. The van der Waals surface area contributed by atoms with Crippen LogP contribution in [0.1, 0.15) is 37.7 Å². The minimum atomic E-state index is -0.147. The van der Waals surface area contributed by atoms with Gasteiger partial charge in [-0.3, -0.25) is 0 Å². The van der Waals surface area contributed by atoms with Gasteiger partial charge in [0.1, 0.15) is 12.1 Å². The molecule has 2 heterocycles. The zero-order chi connectivity index (χ0) is 19.6. The van der Waals surface area contributed by atoms with Crippen LogP contribution in [0.3, 0.4) is 0 Å². The van der Waals surface area contributed by atoms with Crippen LogP contribution in [0.15, 0.2) is 41.1 Å². The zero-order valence-corrected chi connectivity index (χ0v) is 17.8. The maximum atomic E-state index is 5.81. The van der Waals surface area contributed by atoms with E-state index in [9.17, 15) is 0 Å². The molecule has 0 radical (unpaired) electrons. The van der Waals surface area contributed by atoms with Crippen molar-refractivity contribution in [2.75, 3.05) is 5.32 Å². The highest BCUT2D eigenvalue weighted by molar-refractivity contribution is 9.10. The van der Waals surface area contributed by atoms with Gasteiger partial charge >= 0.3 is 0 Å². The molecule has 0 fully saturated rings. The molecule has 2 aromatic heterocycles. The Hall–Kier alpha value is -2.25. The van der Waals surface area contributed by atoms with Gasteiger partial charge in [-0.15, -0.1) is 0 Å². The molecule has 142 valence electrons. The van der Waals surface area contributed by atoms with E-state index >= 15 is 0 Å². The summed E-state index contributed by atoms with van der Waals surface area (Å²) in [6, 6.07) is 10.0. The number of hydrogen-bond donors (Lipinski definition) is 1. The molecule has 0 bridgehead atoms. The molecule has 27 heavy (non-hydrogen) atoms. The lowest BCUT2D eigenvalue weighted by atomic mass is 10.1. The normalized spacial score (nSPS) is 11.6. The van der Waals surface area contributed by atoms with Crippen molar-refractivity contribution < 1.29 is 4.74 Å². The van der Waals surface area contributed by atoms with Crippen molar-refractivity contribution >= 4 is 27.4 Å². The number of nitrogens with zero attached hydrogens (tertiary/aromatic N) is 4. The Morgan fingerprint density at radius 3 is 2.41 bits per heavy atom. The van der Waals surface area contributed by atoms with Crippen LogP contribution in [-0.2, 0) is 11.3 Å². The molecule has 0 amide bonds. The Labute approximate surface area is 168 Å². The minimum absolute atomic E-state index is 0.147. The Morgan fingerprint density at radius 2 is 1.81 bits per heavy atom. The van der Waals surface area contributed by atoms with E-state index < -0.39 is 0 Å². The van der Waals surface area contributed by atoms with Crippen molar-refractivity contribution in [3.63, 3.8) is 0 Å². The Morgan fingerprint density at radius 1 is 1.11 bits per heavy atom. The van der Waals surface area contributed by atoms with Crippen LogP contribution in [0.2, 0.25) is 0 Å². The molecular weight excluding hydrogens is 406 g/mol. The van der Waals surface area contributed by atoms with E-state index in [1.807, 2.05) is 44.2 Å². The van der Waals surface area contributed by atoms with E-state index in [0.717, 1.165) is 27.1 Å². The van der Waals surface area contributed by atoms with Crippen LogP contribution >= 0.6 is 15.9 Å². The van der Waals surface area contributed by atoms with Gasteiger partial charge in [0.25, 0.3) is 0 Å². The van der Waals surface area contributed by atoms with Crippen LogP contribution in [0, 0.1) is 13.8 Å². The maximum Gasteiger partial charge on any atom is 0.159 e. The summed E-state index contributed by atoms with van der Waals surface area (Å²) in [5, 5.41) is 7.83. The van der Waals surface area contributed by atoms with Crippen molar-refractivity contribution in [1.82, 2.24) is 19.7 Å². The van der Waals surface area contributed by atoms with Gasteiger partial charge in [-0.05, 0) is 68.2 Å². The first-order valence-corrected chi connectivity index (χ1v) is 9.56. The van der Waals surface area contributed by atoms with E-state index in [1.54, 1.807) is 4.68 Å². The lowest BCUT2D eigenvalue weighted by Gasteiger charge is -2.19. The quantitative estimate of drug-likeness (QED) is 0.610. The number of anilines is 2. The highest BCUT2D eigenvalue weighted by Crippen LogP contribution is 2.23. The second-order valence-electron chi connectivity index (χ2n) is 7.38. The predicted molar refractivity (Wildman–Crippen MR) is 111 cm³/mol. The molecule has 0 aliphatic rings. The summed E-state index contributed by atoms with van der Waals surface area (Å²) in [5.41, 5.74) is 3.86. The van der Waals surface area contributed by atoms with E-state index in [1.165, 1.54) is 6.33 Å². The SMILES string of the molecule is Cc1nn(-c2cc(Nc3ccc(COC(C)(C)C)cc3)ncn2)c(C)c1Br. The summed E-state index contributed by atoms with van der Waals surface area (Å²) < 4.78 is 8.60. The molecule has 1 N–H and O–H groups in total. The first-order valence-electron chi connectivity index (χ1n) is 8.77. The fourth-order valence-corrected chi connectivity index (χ4v) is 2.76. The highest BCUT2D eigenvalue weighted by Gasteiger charge is 2.12. The van der Waals surface area contributed by atoms with Gasteiger partial charge in [0, 0.05) is 11.8 Å². The molecule has 0 atom stereocenters. The lowest BCUT2D eigenvalue weighted by molar-refractivity contribution is -0.0149. The Kier molecular flexibility index (Phi) is 5.62. The van der Waals surface area contributed by atoms with Crippen molar-refractivity contribution in [1.29, 1.82) is 0 Å². The number of ether oxygens (including phenoxy) is 1. The summed E-state index contributed by atoms with van der Waals surface area (Å²) in [5.74, 6) is 1.43. The third kappa shape index (κ3) is 4.93. The van der Waals surface area contributed by atoms with Crippen molar-refractivity contribution in [3.8, 4) is 5.82 Å². The highest BCUT2D eigenvalue weighted by atomic mass is 79.9. The summed E-state index contributed by atoms with van der Waals surface area (Å²) >= 11 is 3.55. The lowest BCUT2D eigenvalue weighted by Crippen LogP contribution is -2.18. The van der Waals surface area contributed by atoms with Crippen molar-refractivity contribution in [2.24, 2.45) is 0 Å². The van der Waals surface area contributed by atoms with Crippen LogP contribution < -0.4 is 5.32 Å². The van der Waals surface area contributed by atoms with Gasteiger partial charge in [-0.2, -0.15) is 5.10 Å². The van der Waals surface area contributed by atoms with Crippen LogP contribution in [-0.4, -0.2) is 25.3 Å². The Balaban J connectivity index is 1.74. The smallest absolute Gasteiger partial charge is 0.159 e. The topological polar surface area (TPSA) is 64.9 Å². The second-order valence-corrected chi connectivity index (χ2v) is 8.17. The third-order valence-corrected chi connectivity index (χ3v) is 5.12. The molecule has 0 unspecified atom stereocenters. The zero-order valence-electron chi connectivity index (χ0n) is 16.2.